The van der Waals surface area contributed by atoms with Crippen LogP contribution < -0.4 is 16.0 Å². The Morgan fingerprint density at radius 1 is 1.20 bits per heavy atom. The lowest BCUT2D eigenvalue weighted by Gasteiger charge is -2.10. The summed E-state index contributed by atoms with van der Waals surface area (Å²) in [5, 5.41) is 15.4. The van der Waals surface area contributed by atoms with Gasteiger partial charge < -0.3 is 21.1 Å². The second kappa shape index (κ2) is 7.49. The molecule has 0 bridgehead atoms. The summed E-state index contributed by atoms with van der Waals surface area (Å²) < 4.78 is 0.897. The number of nitrogens with one attached hydrogen (secondary N) is 3. The first-order chi connectivity index (χ1) is 9.38. The number of aliphatic carboxylic acids is 1. The van der Waals surface area contributed by atoms with Gasteiger partial charge in [0.25, 0.3) is 0 Å². The van der Waals surface area contributed by atoms with Gasteiger partial charge in [-0.1, -0.05) is 15.9 Å². The van der Waals surface area contributed by atoms with E-state index in [1.54, 1.807) is 12.1 Å². The minimum absolute atomic E-state index is 0.297. The highest BCUT2D eigenvalue weighted by molar-refractivity contribution is 9.10. The van der Waals surface area contributed by atoms with E-state index in [0.717, 1.165) is 10.0 Å². The fourth-order valence-corrected chi connectivity index (χ4v) is 1.81. The smallest absolute Gasteiger partial charge is 0.322 e. The minimum Gasteiger partial charge on any atom is -0.480 e. The molecule has 0 aliphatic heterocycles. The van der Waals surface area contributed by atoms with Gasteiger partial charge in [0.15, 0.2) is 0 Å². The van der Waals surface area contributed by atoms with Gasteiger partial charge in [-0.15, -0.1) is 0 Å². The standard InChI is InChI=1S/C12H14BrN3O4/c1-7-4-8(13)2-3-9(7)16-12(20)15-5-10(17)14-6-11(18)19/h2-4H,5-6H2,1H3,(H,14,17)(H,18,19)(H2,15,16,20). The van der Waals surface area contributed by atoms with Crippen molar-refractivity contribution >= 4 is 39.5 Å². The van der Waals surface area contributed by atoms with Crippen LogP contribution in [-0.2, 0) is 9.59 Å². The molecule has 1 rings (SSSR count). The minimum atomic E-state index is -1.15. The summed E-state index contributed by atoms with van der Waals surface area (Å²) >= 11 is 3.31. The highest BCUT2D eigenvalue weighted by atomic mass is 79.9. The maximum Gasteiger partial charge on any atom is 0.322 e. The Kier molecular flexibility index (Phi) is 5.98. The van der Waals surface area contributed by atoms with E-state index in [2.05, 4.69) is 31.9 Å². The summed E-state index contributed by atoms with van der Waals surface area (Å²) in [4.78, 5) is 33.0. The lowest BCUT2D eigenvalue weighted by molar-refractivity contribution is -0.137. The lowest BCUT2D eigenvalue weighted by atomic mass is 10.2. The van der Waals surface area contributed by atoms with Crippen LogP contribution in [0.4, 0.5) is 10.5 Å². The molecule has 4 N–H and O–H groups in total. The van der Waals surface area contributed by atoms with E-state index < -0.39 is 24.5 Å². The summed E-state index contributed by atoms with van der Waals surface area (Å²) in [5.74, 6) is -1.72. The number of amides is 3. The average molecular weight is 344 g/mol. The number of carbonyl (C=O) groups is 3. The van der Waals surface area contributed by atoms with Gasteiger partial charge in [0, 0.05) is 10.2 Å². The SMILES string of the molecule is Cc1cc(Br)ccc1NC(=O)NCC(=O)NCC(=O)O. The maximum absolute atomic E-state index is 11.6. The van der Waals surface area contributed by atoms with Crippen molar-refractivity contribution in [1.82, 2.24) is 10.6 Å². The number of carbonyl (C=O) groups excluding carboxylic acids is 2. The zero-order valence-electron chi connectivity index (χ0n) is 10.7. The Balaban J connectivity index is 2.40. The Labute approximate surface area is 123 Å². The maximum atomic E-state index is 11.6. The summed E-state index contributed by atoms with van der Waals surface area (Å²) in [6.45, 7) is 1.06. The third-order valence-electron chi connectivity index (χ3n) is 2.28. The van der Waals surface area contributed by atoms with Crippen molar-refractivity contribution in [3.63, 3.8) is 0 Å². The summed E-state index contributed by atoms with van der Waals surface area (Å²) in [7, 11) is 0. The molecule has 0 aliphatic rings. The van der Waals surface area contributed by atoms with Crippen molar-refractivity contribution in [3.8, 4) is 0 Å². The Morgan fingerprint density at radius 2 is 1.90 bits per heavy atom. The van der Waals surface area contributed by atoms with Gasteiger partial charge in [0.05, 0.1) is 6.54 Å². The molecule has 0 fully saturated rings. The molecule has 0 heterocycles. The molecular weight excluding hydrogens is 330 g/mol. The molecule has 7 nitrogen and oxygen atoms in total. The molecule has 0 spiro atoms. The number of aryl methyl sites for hydroxylation is 1. The van der Waals surface area contributed by atoms with E-state index in [1.165, 1.54) is 0 Å². The van der Waals surface area contributed by atoms with E-state index in [4.69, 9.17) is 5.11 Å². The molecule has 0 aromatic heterocycles. The van der Waals surface area contributed by atoms with Gasteiger partial charge in [0.1, 0.15) is 6.54 Å². The molecule has 0 unspecified atom stereocenters. The Hall–Kier alpha value is -2.09. The van der Waals surface area contributed by atoms with Crippen LogP contribution in [0.5, 0.6) is 0 Å². The largest absolute Gasteiger partial charge is 0.480 e. The molecule has 8 heteroatoms. The normalized spacial score (nSPS) is 9.70. The first-order valence-corrected chi connectivity index (χ1v) is 6.47. The first kappa shape index (κ1) is 16.0. The predicted octanol–water partition coefficient (Wildman–Crippen LogP) is 1.08. The van der Waals surface area contributed by atoms with E-state index >= 15 is 0 Å². The molecule has 1 aromatic carbocycles. The third kappa shape index (κ3) is 5.70. The number of benzene rings is 1. The Morgan fingerprint density at radius 3 is 2.50 bits per heavy atom. The number of hydrogen-bond donors (Lipinski definition) is 4. The fraction of sp³-hybridized carbons (Fsp3) is 0.250. The van der Waals surface area contributed by atoms with Crippen LogP contribution in [0.1, 0.15) is 5.56 Å². The van der Waals surface area contributed by atoms with Crippen LogP contribution >= 0.6 is 15.9 Å². The summed E-state index contributed by atoms with van der Waals surface area (Å²) in [6.07, 6.45) is 0. The predicted molar refractivity (Wildman–Crippen MR) is 76.5 cm³/mol. The van der Waals surface area contributed by atoms with Crippen LogP contribution in [0.3, 0.4) is 0 Å². The van der Waals surface area contributed by atoms with Crippen molar-refractivity contribution in [3.05, 3.63) is 28.2 Å². The molecule has 0 atom stereocenters. The highest BCUT2D eigenvalue weighted by Crippen LogP contribution is 2.19. The van der Waals surface area contributed by atoms with Crippen molar-refractivity contribution < 1.29 is 19.5 Å². The number of anilines is 1. The van der Waals surface area contributed by atoms with Crippen molar-refractivity contribution in [1.29, 1.82) is 0 Å². The molecule has 108 valence electrons. The number of rotatable bonds is 5. The van der Waals surface area contributed by atoms with Crippen LogP contribution in [0, 0.1) is 6.92 Å². The molecule has 1 aromatic rings. The van der Waals surface area contributed by atoms with Crippen molar-refractivity contribution in [2.24, 2.45) is 0 Å². The quantitative estimate of drug-likeness (QED) is 0.641. The van der Waals surface area contributed by atoms with E-state index in [9.17, 15) is 14.4 Å². The second-order valence-corrected chi connectivity index (χ2v) is 4.85. The van der Waals surface area contributed by atoms with Crippen LogP contribution in [-0.4, -0.2) is 36.1 Å². The number of carboxylic acid groups (broad SMARTS) is 1. The van der Waals surface area contributed by atoms with Gasteiger partial charge in [-0.05, 0) is 30.7 Å². The van der Waals surface area contributed by atoms with Crippen LogP contribution in [0.15, 0.2) is 22.7 Å². The zero-order valence-corrected chi connectivity index (χ0v) is 12.3. The van der Waals surface area contributed by atoms with Gasteiger partial charge in [-0.2, -0.15) is 0 Å². The molecule has 3 amide bonds. The van der Waals surface area contributed by atoms with Crippen LogP contribution in [0.25, 0.3) is 0 Å². The molecule has 0 radical (unpaired) electrons. The Bertz CT molecular complexity index is 533. The molecule has 0 aliphatic carbocycles. The van der Waals surface area contributed by atoms with Gasteiger partial charge in [-0.3, -0.25) is 9.59 Å². The molecule has 0 saturated heterocycles. The number of halogens is 1. The van der Waals surface area contributed by atoms with Crippen molar-refractivity contribution in [2.45, 2.75) is 6.92 Å². The van der Waals surface area contributed by atoms with Crippen LogP contribution in [0.2, 0.25) is 0 Å². The van der Waals surface area contributed by atoms with Gasteiger partial charge in [0.2, 0.25) is 5.91 Å². The van der Waals surface area contributed by atoms with E-state index in [1.807, 2.05) is 13.0 Å². The third-order valence-corrected chi connectivity index (χ3v) is 2.78. The fourth-order valence-electron chi connectivity index (χ4n) is 1.33. The summed E-state index contributed by atoms with van der Waals surface area (Å²) in [5.41, 5.74) is 1.49. The number of carboxylic acids is 1. The van der Waals surface area contributed by atoms with Gasteiger partial charge >= 0.3 is 12.0 Å². The summed E-state index contributed by atoms with van der Waals surface area (Å²) in [6, 6.07) is 4.81. The lowest BCUT2D eigenvalue weighted by Crippen LogP contribution is -2.40. The zero-order chi connectivity index (χ0) is 15.1. The number of urea groups is 1. The first-order valence-electron chi connectivity index (χ1n) is 5.68. The van der Waals surface area contributed by atoms with Gasteiger partial charge in [-0.25, -0.2) is 4.79 Å². The highest BCUT2D eigenvalue weighted by Gasteiger charge is 2.08. The molecule has 20 heavy (non-hydrogen) atoms. The monoisotopic (exact) mass is 343 g/mol. The molecule has 0 saturated carbocycles. The molecular formula is C12H14BrN3O4. The average Bonchev–Trinajstić information content (AvgIpc) is 2.37. The number of hydrogen-bond acceptors (Lipinski definition) is 3. The van der Waals surface area contributed by atoms with E-state index in [-0.39, 0.29) is 6.54 Å². The van der Waals surface area contributed by atoms with E-state index in [0.29, 0.717) is 5.69 Å². The topological polar surface area (TPSA) is 108 Å². The van der Waals surface area contributed by atoms with Crippen molar-refractivity contribution in [2.75, 3.05) is 18.4 Å². The second-order valence-electron chi connectivity index (χ2n) is 3.94.